The highest BCUT2D eigenvalue weighted by atomic mass is 16.7. The number of hydrogen-bond donors (Lipinski definition) is 2. The molecular weight excluding hydrogens is 508 g/mol. The summed E-state index contributed by atoms with van der Waals surface area (Å²) in [5, 5.41) is 19.9. The average molecular weight is 559 g/mol. The van der Waals surface area contributed by atoms with Crippen LogP contribution in [0.1, 0.15) is 96.8 Å². The molecule has 2 aliphatic carbocycles. The third-order valence-electron chi connectivity index (χ3n) is 8.61. The highest BCUT2D eigenvalue weighted by molar-refractivity contribution is 5.79. The predicted molar refractivity (Wildman–Crippen MR) is 153 cm³/mol. The molecule has 4 rings (SSSR count). The molecule has 40 heavy (non-hydrogen) atoms. The monoisotopic (exact) mass is 558 g/mol. The highest BCUT2D eigenvalue weighted by Crippen LogP contribution is 2.40. The van der Waals surface area contributed by atoms with Crippen molar-refractivity contribution >= 4 is 5.97 Å². The minimum atomic E-state index is -0.913. The third-order valence-corrected chi connectivity index (χ3v) is 8.61. The van der Waals surface area contributed by atoms with Crippen molar-refractivity contribution in [3.63, 3.8) is 0 Å². The molecule has 0 aromatic carbocycles. The molecule has 7 nitrogen and oxygen atoms in total. The van der Waals surface area contributed by atoms with E-state index in [0.29, 0.717) is 12.3 Å². The molecule has 0 aromatic rings. The van der Waals surface area contributed by atoms with Crippen LogP contribution in [0.2, 0.25) is 0 Å². The molecule has 0 aromatic heterocycles. The maximum Gasteiger partial charge on any atom is 0.327 e. The van der Waals surface area contributed by atoms with Gasteiger partial charge in [-0.25, -0.2) is 4.79 Å². The number of aliphatic hydroxyl groups excluding tert-OH is 1. The molecule has 4 fully saturated rings. The molecule has 8 atom stereocenters. The first kappa shape index (κ1) is 31.3. The van der Waals surface area contributed by atoms with Crippen molar-refractivity contribution < 1.29 is 34.0 Å². The number of carbonyl (C=O) groups is 1. The summed E-state index contributed by atoms with van der Waals surface area (Å²) < 4.78 is 24.8. The van der Waals surface area contributed by atoms with Gasteiger partial charge in [0.25, 0.3) is 0 Å². The van der Waals surface area contributed by atoms with Crippen molar-refractivity contribution in [1.29, 1.82) is 0 Å². The van der Waals surface area contributed by atoms with Crippen LogP contribution in [0.4, 0.5) is 0 Å². The van der Waals surface area contributed by atoms with E-state index in [0.717, 1.165) is 83.8 Å². The van der Waals surface area contributed by atoms with Crippen molar-refractivity contribution in [1.82, 2.24) is 0 Å². The van der Waals surface area contributed by atoms with Crippen LogP contribution in [0.15, 0.2) is 24.3 Å². The van der Waals surface area contributed by atoms with Crippen molar-refractivity contribution in [2.45, 2.75) is 128 Å². The van der Waals surface area contributed by atoms with Crippen LogP contribution >= 0.6 is 0 Å². The summed E-state index contributed by atoms with van der Waals surface area (Å²) in [7, 11) is 0. The fraction of sp³-hybridized carbons (Fsp3) is 0.788. The molecule has 2 N–H and O–H groups in total. The second-order valence-electron chi connectivity index (χ2n) is 12.1. The van der Waals surface area contributed by atoms with Crippen LogP contribution in [0.5, 0.6) is 0 Å². The maximum atomic E-state index is 11.1. The van der Waals surface area contributed by atoms with Crippen molar-refractivity contribution in [2.24, 2.45) is 23.7 Å². The van der Waals surface area contributed by atoms with Gasteiger partial charge in [-0.05, 0) is 82.5 Å². The van der Waals surface area contributed by atoms with E-state index in [1.165, 1.54) is 18.9 Å². The van der Waals surface area contributed by atoms with Gasteiger partial charge in [0.2, 0.25) is 0 Å². The SMILES string of the molecule is C[C@@H](CC#CC1CC1)C(/C=C/[C@@H]1[C@@H](CCCC/C=C/C(=O)O)[C@@H](O)C[C@H]1OC1CCCCO1)OC1CCCCO1. The number of ether oxygens (including phenoxy) is 4. The summed E-state index contributed by atoms with van der Waals surface area (Å²) in [4.78, 5) is 10.7. The van der Waals surface area contributed by atoms with Crippen molar-refractivity contribution in [2.75, 3.05) is 13.2 Å². The van der Waals surface area contributed by atoms with E-state index in [1.54, 1.807) is 6.08 Å². The summed E-state index contributed by atoms with van der Waals surface area (Å²) in [6.07, 6.45) is 19.7. The van der Waals surface area contributed by atoms with E-state index >= 15 is 0 Å². The van der Waals surface area contributed by atoms with Gasteiger partial charge in [-0.1, -0.05) is 37.5 Å². The molecule has 7 heteroatoms. The largest absolute Gasteiger partial charge is 0.478 e. The lowest BCUT2D eigenvalue weighted by Gasteiger charge is -2.31. The van der Waals surface area contributed by atoms with Crippen molar-refractivity contribution in [3.8, 4) is 11.8 Å². The van der Waals surface area contributed by atoms with Crippen molar-refractivity contribution in [3.05, 3.63) is 24.3 Å². The number of unbranched alkanes of at least 4 members (excludes halogenated alkanes) is 2. The fourth-order valence-corrected chi connectivity index (χ4v) is 6.05. The number of allylic oxidation sites excluding steroid dienone is 1. The van der Waals surface area contributed by atoms with Gasteiger partial charge in [0, 0.05) is 44.0 Å². The van der Waals surface area contributed by atoms with Gasteiger partial charge >= 0.3 is 5.97 Å². The molecule has 0 spiro atoms. The number of aliphatic hydroxyl groups is 1. The van der Waals surface area contributed by atoms with Gasteiger partial charge in [-0.15, -0.1) is 5.92 Å². The lowest BCUT2D eigenvalue weighted by molar-refractivity contribution is -0.193. The number of carboxylic acids is 1. The Labute approximate surface area is 240 Å². The first-order valence-corrected chi connectivity index (χ1v) is 15.8. The van der Waals surface area contributed by atoms with E-state index < -0.39 is 12.1 Å². The van der Waals surface area contributed by atoms with Gasteiger partial charge in [-0.2, -0.15) is 0 Å². The summed E-state index contributed by atoms with van der Waals surface area (Å²) in [6.45, 7) is 3.67. The highest BCUT2D eigenvalue weighted by Gasteiger charge is 2.43. The maximum absolute atomic E-state index is 11.1. The molecule has 2 saturated carbocycles. The lowest BCUT2D eigenvalue weighted by Crippen LogP contribution is -2.32. The van der Waals surface area contributed by atoms with Gasteiger partial charge in [0.05, 0.1) is 18.3 Å². The van der Waals surface area contributed by atoms with E-state index in [2.05, 4.69) is 30.9 Å². The molecule has 0 bridgehead atoms. The summed E-state index contributed by atoms with van der Waals surface area (Å²) in [5.41, 5.74) is 0. The van der Waals surface area contributed by atoms with Gasteiger partial charge in [0.1, 0.15) is 0 Å². The molecule has 3 unspecified atom stereocenters. The normalized spacial score (nSPS) is 32.6. The quantitative estimate of drug-likeness (QED) is 0.117. The Morgan fingerprint density at radius 1 is 1.05 bits per heavy atom. The van der Waals surface area contributed by atoms with E-state index in [1.807, 2.05) is 0 Å². The number of rotatable bonds is 14. The predicted octanol–water partition coefficient (Wildman–Crippen LogP) is 6.00. The van der Waals surface area contributed by atoms with Crippen LogP contribution in [0, 0.1) is 35.5 Å². The Morgan fingerprint density at radius 2 is 1.80 bits per heavy atom. The second kappa shape index (κ2) is 16.7. The second-order valence-corrected chi connectivity index (χ2v) is 12.1. The van der Waals surface area contributed by atoms with E-state index in [9.17, 15) is 9.90 Å². The zero-order valence-electron chi connectivity index (χ0n) is 24.3. The Kier molecular flexibility index (Phi) is 13.0. The molecule has 0 amide bonds. The standard InChI is InChI=1S/C33H50O7/c1-24(11-10-12-25-17-18-25)29(39-32-15-6-8-21-37-32)20-19-27-26(13-4-2-3-5-14-31(35)36)28(34)23-30(27)40-33-16-7-9-22-38-33/h5,14,19-20,24-30,32-34H,2-4,6-9,11,13,15-18,21-23H2,1H3,(H,35,36)/b14-5+,20-19+/t24-,26+,27+,28-,29?,30+,32?,33?/m0/s1. The third kappa shape index (κ3) is 10.6. The Bertz CT molecular complexity index is 873. The first-order chi connectivity index (χ1) is 19.5. The molecular formula is C33H50O7. The summed E-state index contributed by atoms with van der Waals surface area (Å²) in [6, 6.07) is 0. The Hall–Kier alpha value is -1.69. The Balaban J connectivity index is 1.44. The summed E-state index contributed by atoms with van der Waals surface area (Å²) in [5.74, 6) is 6.81. The number of hydrogen-bond acceptors (Lipinski definition) is 6. The zero-order chi connectivity index (χ0) is 28.2. The first-order valence-electron chi connectivity index (χ1n) is 15.8. The summed E-state index contributed by atoms with van der Waals surface area (Å²) >= 11 is 0. The van der Waals surface area contributed by atoms with Gasteiger partial charge in [-0.3, -0.25) is 0 Å². The van der Waals surface area contributed by atoms with Crippen LogP contribution in [0.3, 0.4) is 0 Å². The average Bonchev–Trinajstić information content (AvgIpc) is 3.73. The van der Waals surface area contributed by atoms with Gasteiger partial charge < -0.3 is 29.2 Å². The smallest absolute Gasteiger partial charge is 0.327 e. The number of aliphatic carboxylic acids is 1. The number of carboxylic acid groups (broad SMARTS) is 1. The van der Waals surface area contributed by atoms with Gasteiger partial charge in [0.15, 0.2) is 12.6 Å². The van der Waals surface area contributed by atoms with Crippen LogP contribution in [-0.2, 0) is 23.7 Å². The van der Waals surface area contributed by atoms with Crippen LogP contribution < -0.4 is 0 Å². The van der Waals surface area contributed by atoms with Crippen LogP contribution in [0.25, 0.3) is 0 Å². The fourth-order valence-electron chi connectivity index (χ4n) is 6.05. The molecule has 4 aliphatic rings. The zero-order valence-corrected chi connectivity index (χ0v) is 24.3. The Morgan fingerprint density at radius 3 is 2.48 bits per heavy atom. The van der Waals surface area contributed by atoms with E-state index in [-0.39, 0.29) is 42.5 Å². The van der Waals surface area contributed by atoms with Crippen LogP contribution in [-0.4, -0.2) is 60.3 Å². The molecule has 2 heterocycles. The lowest BCUT2D eigenvalue weighted by atomic mass is 9.87. The topological polar surface area (TPSA) is 94.5 Å². The molecule has 2 saturated heterocycles. The minimum Gasteiger partial charge on any atom is -0.478 e. The molecule has 0 radical (unpaired) electrons. The van der Waals surface area contributed by atoms with E-state index in [4.69, 9.17) is 24.1 Å². The minimum absolute atomic E-state index is 0.0539. The molecule has 2 aliphatic heterocycles. The molecule has 224 valence electrons.